The fraction of sp³-hybridized carbons (Fsp3) is 0.474. The van der Waals surface area contributed by atoms with Gasteiger partial charge in [-0.3, -0.25) is 9.88 Å². The maximum absolute atomic E-state index is 12.7. The summed E-state index contributed by atoms with van der Waals surface area (Å²) >= 11 is 1.48. The molecule has 0 aliphatic carbocycles. The van der Waals surface area contributed by atoms with Crippen LogP contribution in [0.1, 0.15) is 37.7 Å². The highest BCUT2D eigenvalue weighted by molar-refractivity contribution is 7.18. The van der Waals surface area contributed by atoms with Gasteiger partial charge < -0.3 is 9.30 Å². The lowest BCUT2D eigenvalue weighted by atomic mass is 10.0. The number of fused-ring (bicyclic) bond motifs is 3. The first-order valence-corrected chi connectivity index (χ1v) is 10.3. The molecule has 0 aromatic carbocycles. The van der Waals surface area contributed by atoms with Crippen molar-refractivity contribution in [3.8, 4) is 6.07 Å². The van der Waals surface area contributed by atoms with Crippen molar-refractivity contribution in [1.82, 2.24) is 19.4 Å². The van der Waals surface area contributed by atoms with Crippen LogP contribution in [-0.2, 0) is 9.53 Å². The van der Waals surface area contributed by atoms with E-state index in [1.807, 2.05) is 20.9 Å². The lowest BCUT2D eigenvalue weighted by molar-refractivity contribution is -0.205. The zero-order valence-electron chi connectivity index (χ0n) is 16.0. The third kappa shape index (κ3) is 3.73. The van der Waals surface area contributed by atoms with Gasteiger partial charge in [-0.05, 0) is 31.2 Å². The Morgan fingerprint density at radius 3 is 2.80 bits per heavy atom. The number of nitrogens with zero attached hydrogens (tertiary/aromatic N) is 5. The van der Waals surface area contributed by atoms with E-state index in [2.05, 4.69) is 16.0 Å². The van der Waals surface area contributed by atoms with E-state index in [1.54, 1.807) is 6.20 Å². The predicted molar refractivity (Wildman–Crippen MR) is 104 cm³/mol. The Bertz CT molecular complexity index is 1130. The van der Waals surface area contributed by atoms with Crippen molar-refractivity contribution < 1.29 is 22.7 Å². The molecule has 1 aliphatic rings. The van der Waals surface area contributed by atoms with Crippen LogP contribution in [0, 0.1) is 11.3 Å². The zero-order chi connectivity index (χ0) is 21.5. The van der Waals surface area contributed by atoms with Gasteiger partial charge in [0, 0.05) is 19.1 Å². The molecule has 0 amide bonds. The summed E-state index contributed by atoms with van der Waals surface area (Å²) in [6, 6.07) is 3.97. The monoisotopic (exact) mass is 437 g/mol. The van der Waals surface area contributed by atoms with Gasteiger partial charge in [0.25, 0.3) is 0 Å². The third-order valence-electron chi connectivity index (χ3n) is 5.25. The van der Waals surface area contributed by atoms with Crippen LogP contribution in [0.5, 0.6) is 0 Å². The van der Waals surface area contributed by atoms with Crippen LogP contribution in [0.4, 0.5) is 13.2 Å². The average Bonchev–Trinajstić information content (AvgIpc) is 3.32. The summed E-state index contributed by atoms with van der Waals surface area (Å²) in [7, 11) is 0. The molecule has 1 fully saturated rings. The number of hydrogen-bond acceptors (Lipinski definition) is 7. The van der Waals surface area contributed by atoms with E-state index in [1.165, 1.54) is 18.3 Å². The number of ether oxygens (including phenoxy) is 1. The summed E-state index contributed by atoms with van der Waals surface area (Å²) in [4.78, 5) is 22.3. The number of esters is 1. The number of pyridine rings is 1. The molecule has 0 radical (unpaired) electrons. The van der Waals surface area contributed by atoms with Gasteiger partial charge in [0.05, 0.1) is 34.5 Å². The number of aromatic nitrogens is 3. The van der Waals surface area contributed by atoms with Gasteiger partial charge >= 0.3 is 12.1 Å². The van der Waals surface area contributed by atoms with Gasteiger partial charge in [0.2, 0.25) is 0 Å². The average molecular weight is 437 g/mol. The van der Waals surface area contributed by atoms with E-state index in [4.69, 9.17) is 10.00 Å². The minimum absolute atomic E-state index is 0.0420. The smallest absolute Gasteiger partial charge is 0.448 e. The molecular weight excluding hydrogens is 419 g/mol. The number of carbonyl (C=O) groups excluding carboxylic acids is 1. The molecule has 0 unspecified atom stereocenters. The molecule has 0 saturated carbocycles. The maximum Gasteiger partial charge on any atom is 0.490 e. The second-order valence-electron chi connectivity index (χ2n) is 7.18. The van der Waals surface area contributed by atoms with Crippen LogP contribution >= 0.6 is 11.3 Å². The van der Waals surface area contributed by atoms with E-state index in [0.29, 0.717) is 38.0 Å². The molecule has 1 aliphatic heterocycles. The number of alkyl halides is 3. The number of imidazole rings is 1. The van der Waals surface area contributed by atoms with Gasteiger partial charge in [-0.15, -0.1) is 11.3 Å². The SMILES string of the molecule is C[C@@H](OC(=O)C(F)(F)F)c1nc2cnc3ccsc3c2n1C1CCN(CC#N)CC1. The molecule has 11 heteroatoms. The maximum atomic E-state index is 12.7. The molecule has 7 nitrogen and oxygen atoms in total. The van der Waals surface area contributed by atoms with E-state index in [0.717, 1.165) is 15.7 Å². The molecule has 3 aromatic heterocycles. The minimum atomic E-state index is -5.07. The lowest BCUT2D eigenvalue weighted by Gasteiger charge is -2.32. The highest BCUT2D eigenvalue weighted by atomic mass is 32.1. The minimum Gasteiger partial charge on any atom is -0.448 e. The molecule has 4 heterocycles. The number of thiophene rings is 1. The molecule has 1 atom stereocenters. The fourth-order valence-corrected chi connectivity index (χ4v) is 4.76. The summed E-state index contributed by atoms with van der Waals surface area (Å²) in [5.41, 5.74) is 2.12. The predicted octanol–water partition coefficient (Wildman–Crippen LogP) is 3.97. The summed E-state index contributed by atoms with van der Waals surface area (Å²) < 4.78 is 45.7. The Hall–Kier alpha value is -2.71. The van der Waals surface area contributed by atoms with E-state index in [9.17, 15) is 18.0 Å². The van der Waals surface area contributed by atoms with Gasteiger partial charge in [0.1, 0.15) is 5.52 Å². The molecule has 30 heavy (non-hydrogen) atoms. The van der Waals surface area contributed by atoms with Crippen LogP contribution in [-0.4, -0.2) is 51.2 Å². The topological polar surface area (TPSA) is 84.0 Å². The van der Waals surface area contributed by atoms with Crippen LogP contribution in [0.15, 0.2) is 17.6 Å². The van der Waals surface area contributed by atoms with Crippen molar-refractivity contribution in [3.63, 3.8) is 0 Å². The molecule has 0 spiro atoms. The van der Waals surface area contributed by atoms with Crippen molar-refractivity contribution in [2.45, 2.75) is 38.1 Å². The first-order valence-electron chi connectivity index (χ1n) is 9.40. The van der Waals surface area contributed by atoms with Crippen molar-refractivity contribution in [3.05, 3.63) is 23.5 Å². The number of carbonyl (C=O) groups is 1. The Balaban J connectivity index is 1.77. The van der Waals surface area contributed by atoms with Gasteiger partial charge in [-0.2, -0.15) is 18.4 Å². The first-order chi connectivity index (χ1) is 14.3. The number of rotatable bonds is 4. The van der Waals surface area contributed by atoms with E-state index < -0.39 is 18.2 Å². The molecule has 0 N–H and O–H groups in total. The lowest BCUT2D eigenvalue weighted by Crippen LogP contribution is -2.35. The van der Waals surface area contributed by atoms with Crippen LogP contribution in [0.3, 0.4) is 0 Å². The van der Waals surface area contributed by atoms with Crippen molar-refractivity contribution >= 4 is 38.6 Å². The number of hydrogen-bond donors (Lipinski definition) is 0. The number of likely N-dealkylation sites (tertiary alicyclic amines) is 1. The zero-order valence-corrected chi connectivity index (χ0v) is 16.8. The van der Waals surface area contributed by atoms with Gasteiger partial charge in [0.15, 0.2) is 11.9 Å². The molecule has 4 rings (SSSR count). The third-order valence-corrected chi connectivity index (χ3v) is 6.16. The summed E-state index contributed by atoms with van der Waals surface area (Å²) in [5.74, 6) is -1.97. The number of halogens is 3. The summed E-state index contributed by atoms with van der Waals surface area (Å²) in [6.07, 6.45) is -3.26. The van der Waals surface area contributed by atoms with E-state index >= 15 is 0 Å². The Labute approximate surface area is 173 Å². The highest BCUT2D eigenvalue weighted by Crippen LogP contribution is 2.37. The molecule has 0 bridgehead atoms. The highest BCUT2D eigenvalue weighted by Gasteiger charge is 2.42. The van der Waals surface area contributed by atoms with Crippen LogP contribution in [0.25, 0.3) is 21.3 Å². The quantitative estimate of drug-likeness (QED) is 0.454. The van der Waals surface area contributed by atoms with Gasteiger partial charge in [-0.1, -0.05) is 0 Å². The molecule has 1 saturated heterocycles. The Kier molecular flexibility index (Phi) is 5.38. The number of piperidine rings is 1. The fourth-order valence-electron chi connectivity index (χ4n) is 3.87. The molecular formula is C19H18F3N5O2S. The van der Waals surface area contributed by atoms with Gasteiger partial charge in [-0.25, -0.2) is 9.78 Å². The number of nitriles is 1. The molecule has 3 aromatic rings. The second kappa shape index (κ2) is 7.85. The first kappa shape index (κ1) is 20.6. The second-order valence-corrected chi connectivity index (χ2v) is 8.09. The van der Waals surface area contributed by atoms with Crippen LogP contribution in [0.2, 0.25) is 0 Å². The largest absolute Gasteiger partial charge is 0.490 e. The van der Waals surface area contributed by atoms with Crippen molar-refractivity contribution in [1.29, 1.82) is 5.26 Å². The Morgan fingerprint density at radius 2 is 2.13 bits per heavy atom. The molecule has 158 valence electrons. The summed E-state index contributed by atoms with van der Waals surface area (Å²) in [5, 5.41) is 10.8. The normalized spacial score (nSPS) is 17.3. The standard InChI is InChI=1S/C19H18F3N5O2S/c1-11(29-18(28)19(20,21)22)17-25-14-10-24-13-4-9-30-16(13)15(14)27(17)12-2-6-26(7-3-12)8-5-23/h4,9-12H,2-3,6-8H2,1H3/t11-/m1/s1. The van der Waals surface area contributed by atoms with Crippen molar-refractivity contribution in [2.24, 2.45) is 0 Å². The van der Waals surface area contributed by atoms with Crippen LogP contribution < -0.4 is 0 Å². The summed E-state index contributed by atoms with van der Waals surface area (Å²) in [6.45, 7) is 3.10. The van der Waals surface area contributed by atoms with E-state index in [-0.39, 0.29) is 11.9 Å². The Morgan fingerprint density at radius 1 is 1.40 bits per heavy atom. The van der Waals surface area contributed by atoms with Crippen molar-refractivity contribution in [2.75, 3.05) is 19.6 Å².